The second-order valence-electron chi connectivity index (χ2n) is 2.53. The van der Waals surface area contributed by atoms with Gasteiger partial charge in [0.15, 0.2) is 0 Å². The highest BCUT2D eigenvalue weighted by Crippen LogP contribution is 2.11. The van der Waals surface area contributed by atoms with Crippen molar-refractivity contribution in [2.45, 2.75) is 6.92 Å². The topological polar surface area (TPSA) is 38.0 Å². The SMILES string of the molecule is Cc1ccccc1NCCN. The smallest absolute Gasteiger partial charge is 0.0370 e. The molecular formula is C9H14N2. The van der Waals surface area contributed by atoms with Crippen LogP contribution in [0.2, 0.25) is 0 Å². The molecule has 0 amide bonds. The van der Waals surface area contributed by atoms with Gasteiger partial charge >= 0.3 is 0 Å². The van der Waals surface area contributed by atoms with Crippen molar-refractivity contribution in [3.63, 3.8) is 0 Å². The molecule has 0 unspecified atom stereocenters. The quantitative estimate of drug-likeness (QED) is 0.683. The van der Waals surface area contributed by atoms with Gasteiger partial charge in [0.05, 0.1) is 0 Å². The molecule has 0 saturated carbocycles. The maximum atomic E-state index is 5.36. The molecule has 0 atom stereocenters. The number of anilines is 1. The van der Waals surface area contributed by atoms with Crippen LogP contribution in [0, 0.1) is 6.92 Å². The van der Waals surface area contributed by atoms with Crippen LogP contribution in [0.5, 0.6) is 0 Å². The lowest BCUT2D eigenvalue weighted by Gasteiger charge is -2.06. The zero-order valence-electron chi connectivity index (χ0n) is 6.80. The van der Waals surface area contributed by atoms with E-state index in [1.807, 2.05) is 12.1 Å². The highest BCUT2D eigenvalue weighted by molar-refractivity contribution is 5.50. The van der Waals surface area contributed by atoms with Gasteiger partial charge in [0.1, 0.15) is 0 Å². The van der Waals surface area contributed by atoms with Crippen LogP contribution >= 0.6 is 0 Å². The Labute approximate surface area is 67.4 Å². The lowest BCUT2D eigenvalue weighted by Crippen LogP contribution is -2.13. The van der Waals surface area contributed by atoms with Gasteiger partial charge in [-0.25, -0.2) is 0 Å². The van der Waals surface area contributed by atoms with E-state index in [1.165, 1.54) is 11.3 Å². The Hall–Kier alpha value is -1.02. The normalized spacial score (nSPS) is 9.64. The van der Waals surface area contributed by atoms with Crippen LogP contribution in [0.3, 0.4) is 0 Å². The summed E-state index contributed by atoms with van der Waals surface area (Å²) in [6.07, 6.45) is 0. The third-order valence-corrected chi connectivity index (χ3v) is 1.60. The molecule has 3 N–H and O–H groups in total. The zero-order chi connectivity index (χ0) is 8.10. The minimum absolute atomic E-state index is 0.675. The number of aryl methyl sites for hydroxylation is 1. The van der Waals surface area contributed by atoms with Crippen molar-refractivity contribution in [3.8, 4) is 0 Å². The van der Waals surface area contributed by atoms with Crippen molar-refractivity contribution >= 4 is 5.69 Å². The van der Waals surface area contributed by atoms with Crippen LogP contribution in [0.1, 0.15) is 5.56 Å². The summed E-state index contributed by atoms with van der Waals surface area (Å²) < 4.78 is 0. The summed E-state index contributed by atoms with van der Waals surface area (Å²) in [5.74, 6) is 0. The molecule has 2 nitrogen and oxygen atoms in total. The van der Waals surface area contributed by atoms with Gasteiger partial charge in [-0.05, 0) is 18.6 Å². The minimum atomic E-state index is 0.675. The largest absolute Gasteiger partial charge is 0.384 e. The van der Waals surface area contributed by atoms with Gasteiger partial charge in [-0.15, -0.1) is 0 Å². The average Bonchev–Trinajstić information content (AvgIpc) is 2.03. The third-order valence-electron chi connectivity index (χ3n) is 1.60. The van der Waals surface area contributed by atoms with E-state index in [1.54, 1.807) is 0 Å². The highest BCUT2D eigenvalue weighted by atomic mass is 14.9. The predicted molar refractivity (Wildman–Crippen MR) is 48.7 cm³/mol. The lowest BCUT2D eigenvalue weighted by molar-refractivity contribution is 1.02. The maximum absolute atomic E-state index is 5.36. The molecule has 1 aromatic rings. The average molecular weight is 150 g/mol. The second kappa shape index (κ2) is 3.98. The fourth-order valence-electron chi connectivity index (χ4n) is 0.978. The van der Waals surface area contributed by atoms with Crippen molar-refractivity contribution in [3.05, 3.63) is 29.8 Å². The number of para-hydroxylation sites is 1. The summed E-state index contributed by atoms with van der Waals surface area (Å²) in [5, 5.41) is 3.24. The summed E-state index contributed by atoms with van der Waals surface area (Å²) >= 11 is 0. The van der Waals surface area contributed by atoms with Crippen molar-refractivity contribution in [1.82, 2.24) is 0 Å². The van der Waals surface area contributed by atoms with E-state index in [0.717, 1.165) is 6.54 Å². The Morgan fingerprint density at radius 2 is 2.09 bits per heavy atom. The fourth-order valence-corrected chi connectivity index (χ4v) is 0.978. The van der Waals surface area contributed by atoms with Crippen LogP contribution < -0.4 is 11.1 Å². The van der Waals surface area contributed by atoms with Crippen LogP contribution in [0.15, 0.2) is 24.3 Å². The molecule has 2 heteroatoms. The van der Waals surface area contributed by atoms with Crippen LogP contribution in [-0.4, -0.2) is 13.1 Å². The Morgan fingerprint density at radius 1 is 1.36 bits per heavy atom. The predicted octanol–water partition coefficient (Wildman–Crippen LogP) is 1.37. The molecule has 0 fully saturated rings. The molecule has 1 rings (SSSR count). The summed E-state index contributed by atoms with van der Waals surface area (Å²) in [7, 11) is 0. The van der Waals surface area contributed by atoms with E-state index < -0.39 is 0 Å². The number of benzene rings is 1. The zero-order valence-corrected chi connectivity index (χ0v) is 6.80. The van der Waals surface area contributed by atoms with Crippen LogP contribution in [-0.2, 0) is 0 Å². The molecule has 0 aliphatic heterocycles. The van der Waals surface area contributed by atoms with Crippen LogP contribution in [0.4, 0.5) is 5.69 Å². The number of hydrogen-bond acceptors (Lipinski definition) is 2. The van der Waals surface area contributed by atoms with Gasteiger partial charge in [-0.2, -0.15) is 0 Å². The van der Waals surface area contributed by atoms with Crippen LogP contribution in [0.25, 0.3) is 0 Å². The Balaban J connectivity index is 2.62. The molecule has 0 bridgehead atoms. The molecule has 0 aromatic heterocycles. The van der Waals surface area contributed by atoms with Crippen molar-refractivity contribution in [2.75, 3.05) is 18.4 Å². The fraction of sp³-hybridized carbons (Fsp3) is 0.333. The van der Waals surface area contributed by atoms with E-state index in [0.29, 0.717) is 6.54 Å². The number of nitrogens with one attached hydrogen (secondary N) is 1. The summed E-state index contributed by atoms with van der Waals surface area (Å²) in [4.78, 5) is 0. The van der Waals surface area contributed by atoms with Gasteiger partial charge < -0.3 is 11.1 Å². The lowest BCUT2D eigenvalue weighted by atomic mass is 10.2. The number of hydrogen-bond donors (Lipinski definition) is 2. The molecule has 0 radical (unpaired) electrons. The minimum Gasteiger partial charge on any atom is -0.384 e. The molecular weight excluding hydrogens is 136 g/mol. The van der Waals surface area contributed by atoms with E-state index >= 15 is 0 Å². The Morgan fingerprint density at radius 3 is 2.73 bits per heavy atom. The maximum Gasteiger partial charge on any atom is 0.0370 e. The van der Waals surface area contributed by atoms with Gasteiger partial charge in [-0.1, -0.05) is 18.2 Å². The second-order valence-corrected chi connectivity index (χ2v) is 2.53. The highest BCUT2D eigenvalue weighted by Gasteiger charge is 1.92. The monoisotopic (exact) mass is 150 g/mol. The van der Waals surface area contributed by atoms with Gasteiger partial charge in [0, 0.05) is 18.8 Å². The summed E-state index contributed by atoms with van der Waals surface area (Å²) in [6, 6.07) is 8.19. The first kappa shape index (κ1) is 8.08. The molecule has 0 spiro atoms. The number of rotatable bonds is 3. The van der Waals surface area contributed by atoms with E-state index in [4.69, 9.17) is 5.73 Å². The molecule has 0 aliphatic carbocycles. The van der Waals surface area contributed by atoms with Crippen molar-refractivity contribution < 1.29 is 0 Å². The Kier molecular flexibility index (Phi) is 2.93. The van der Waals surface area contributed by atoms with E-state index in [9.17, 15) is 0 Å². The van der Waals surface area contributed by atoms with Gasteiger partial charge in [0.25, 0.3) is 0 Å². The first-order chi connectivity index (χ1) is 5.34. The molecule has 60 valence electrons. The third kappa shape index (κ3) is 2.24. The van der Waals surface area contributed by atoms with E-state index in [-0.39, 0.29) is 0 Å². The summed E-state index contributed by atoms with van der Waals surface area (Å²) in [5.41, 5.74) is 7.81. The molecule has 0 heterocycles. The molecule has 0 aliphatic rings. The molecule has 11 heavy (non-hydrogen) atoms. The number of nitrogens with two attached hydrogens (primary N) is 1. The first-order valence-electron chi connectivity index (χ1n) is 3.84. The van der Waals surface area contributed by atoms with Gasteiger partial charge in [0.2, 0.25) is 0 Å². The van der Waals surface area contributed by atoms with E-state index in [2.05, 4.69) is 24.4 Å². The van der Waals surface area contributed by atoms with Crippen molar-refractivity contribution in [2.24, 2.45) is 5.73 Å². The standard InChI is InChI=1S/C9H14N2/c1-8-4-2-3-5-9(8)11-7-6-10/h2-5,11H,6-7,10H2,1H3. The molecule has 1 aromatic carbocycles. The van der Waals surface area contributed by atoms with Crippen molar-refractivity contribution in [1.29, 1.82) is 0 Å². The summed E-state index contributed by atoms with van der Waals surface area (Å²) in [6.45, 7) is 3.60. The van der Waals surface area contributed by atoms with Gasteiger partial charge in [-0.3, -0.25) is 0 Å². The molecule has 0 saturated heterocycles. The Bertz CT molecular complexity index is 221. The first-order valence-corrected chi connectivity index (χ1v) is 3.84.